The molecule has 1 atom stereocenters. The van der Waals surface area contributed by atoms with E-state index in [9.17, 15) is 9.90 Å². The molecule has 0 radical (unpaired) electrons. The Balaban J connectivity index is 2.14. The first-order valence-corrected chi connectivity index (χ1v) is 5.48. The summed E-state index contributed by atoms with van der Waals surface area (Å²) in [5, 5.41) is 18.7. The van der Waals surface area contributed by atoms with Crippen LogP contribution >= 0.6 is 0 Å². The van der Waals surface area contributed by atoms with Crippen LogP contribution in [0.2, 0.25) is 0 Å². The van der Waals surface area contributed by atoms with Crippen molar-refractivity contribution in [2.24, 2.45) is 0 Å². The third-order valence-corrected chi connectivity index (χ3v) is 2.81. The van der Waals surface area contributed by atoms with E-state index in [4.69, 9.17) is 5.11 Å². The number of hydrogen-bond acceptors (Lipinski definition) is 2. The van der Waals surface area contributed by atoms with Gasteiger partial charge in [0.05, 0.1) is 12.0 Å². The minimum atomic E-state index is -1.25. The number of carboxylic acids is 1. The van der Waals surface area contributed by atoms with E-state index < -0.39 is 11.6 Å². The van der Waals surface area contributed by atoms with Crippen LogP contribution in [0.5, 0.6) is 0 Å². The average molecular weight is 230 g/mol. The lowest BCUT2D eigenvalue weighted by molar-refractivity contribution is -0.140. The second kappa shape index (κ2) is 4.55. The summed E-state index contributed by atoms with van der Waals surface area (Å²) in [6.45, 7) is 0. The van der Waals surface area contributed by atoms with Crippen molar-refractivity contribution in [2.75, 3.05) is 0 Å². The summed E-state index contributed by atoms with van der Waals surface area (Å²) in [4.78, 5) is 10.6. The third-order valence-electron chi connectivity index (χ3n) is 2.81. The van der Waals surface area contributed by atoms with Crippen LogP contribution in [-0.2, 0) is 4.79 Å². The summed E-state index contributed by atoms with van der Waals surface area (Å²) >= 11 is 0. The highest BCUT2D eigenvalue weighted by Gasteiger charge is 2.28. The van der Waals surface area contributed by atoms with E-state index in [1.807, 2.05) is 36.4 Å². The lowest BCUT2D eigenvalue weighted by Gasteiger charge is -2.24. The molecule has 3 nitrogen and oxygen atoms in total. The molecular weight excluding hydrogens is 216 g/mol. The predicted molar refractivity (Wildman–Crippen MR) is 65.4 cm³/mol. The molecule has 1 unspecified atom stereocenters. The molecule has 0 saturated heterocycles. The molecule has 0 amide bonds. The Morgan fingerprint density at radius 3 is 2.53 bits per heavy atom. The van der Waals surface area contributed by atoms with Gasteiger partial charge in [-0.2, -0.15) is 0 Å². The van der Waals surface area contributed by atoms with Crippen LogP contribution in [0.3, 0.4) is 0 Å². The Labute approximate surface area is 99.7 Å². The highest BCUT2D eigenvalue weighted by molar-refractivity contribution is 5.76. The van der Waals surface area contributed by atoms with E-state index in [0.29, 0.717) is 6.42 Å². The Hall–Kier alpha value is -1.87. The maximum Gasteiger partial charge on any atom is 0.306 e. The van der Waals surface area contributed by atoms with E-state index in [2.05, 4.69) is 0 Å². The molecular formula is C14H14O3. The standard InChI is InChI=1S/C14H14O3/c15-13(16)10-14(17)8-6-12(7-9-14)11-4-2-1-3-5-11/h1-8,17H,9-10H2,(H,15,16). The summed E-state index contributed by atoms with van der Waals surface area (Å²) in [6.07, 6.45) is 5.30. The highest BCUT2D eigenvalue weighted by Crippen LogP contribution is 2.28. The van der Waals surface area contributed by atoms with Crippen molar-refractivity contribution >= 4 is 11.5 Å². The number of carbonyl (C=O) groups is 1. The summed E-state index contributed by atoms with van der Waals surface area (Å²) in [7, 11) is 0. The zero-order chi connectivity index (χ0) is 12.3. The Kier molecular flexibility index (Phi) is 3.11. The lowest BCUT2D eigenvalue weighted by Crippen LogP contribution is -2.30. The van der Waals surface area contributed by atoms with E-state index in [1.54, 1.807) is 12.2 Å². The molecule has 1 aromatic rings. The second-order valence-corrected chi connectivity index (χ2v) is 4.24. The lowest BCUT2D eigenvalue weighted by atomic mass is 9.87. The van der Waals surface area contributed by atoms with Gasteiger partial charge in [-0.3, -0.25) is 4.79 Å². The molecule has 17 heavy (non-hydrogen) atoms. The Morgan fingerprint density at radius 1 is 1.29 bits per heavy atom. The molecule has 2 rings (SSSR count). The molecule has 1 aliphatic rings. The summed E-state index contributed by atoms with van der Waals surface area (Å²) < 4.78 is 0. The number of aliphatic hydroxyl groups is 1. The van der Waals surface area contributed by atoms with Gasteiger partial charge in [0.1, 0.15) is 0 Å². The predicted octanol–water partition coefficient (Wildman–Crippen LogP) is 2.24. The van der Waals surface area contributed by atoms with Crippen LogP contribution in [0.15, 0.2) is 48.6 Å². The molecule has 3 heteroatoms. The minimum Gasteiger partial charge on any atom is -0.481 e. The fourth-order valence-electron chi connectivity index (χ4n) is 1.91. The number of carboxylic acid groups (broad SMARTS) is 1. The van der Waals surface area contributed by atoms with E-state index in [1.165, 1.54) is 0 Å². The quantitative estimate of drug-likeness (QED) is 0.837. The Morgan fingerprint density at radius 2 is 2.00 bits per heavy atom. The van der Waals surface area contributed by atoms with Crippen molar-refractivity contribution < 1.29 is 15.0 Å². The molecule has 88 valence electrons. The molecule has 0 spiro atoms. The van der Waals surface area contributed by atoms with Gasteiger partial charge < -0.3 is 10.2 Å². The van der Waals surface area contributed by atoms with E-state index >= 15 is 0 Å². The first-order valence-electron chi connectivity index (χ1n) is 5.48. The van der Waals surface area contributed by atoms with Crippen LogP contribution < -0.4 is 0 Å². The zero-order valence-electron chi connectivity index (χ0n) is 9.34. The van der Waals surface area contributed by atoms with Gasteiger partial charge in [-0.25, -0.2) is 0 Å². The van der Waals surface area contributed by atoms with Gasteiger partial charge in [-0.1, -0.05) is 48.6 Å². The van der Waals surface area contributed by atoms with Crippen LogP contribution in [0.25, 0.3) is 5.57 Å². The van der Waals surface area contributed by atoms with Gasteiger partial charge in [-0.15, -0.1) is 0 Å². The normalized spacial score (nSPS) is 23.2. The first kappa shape index (κ1) is 11.6. The summed E-state index contributed by atoms with van der Waals surface area (Å²) in [6, 6.07) is 9.80. The van der Waals surface area contributed by atoms with Crippen molar-refractivity contribution in [3.63, 3.8) is 0 Å². The third kappa shape index (κ3) is 2.82. The van der Waals surface area contributed by atoms with E-state index in [-0.39, 0.29) is 6.42 Å². The summed E-state index contributed by atoms with van der Waals surface area (Å²) in [5.74, 6) is -0.992. The summed E-state index contributed by atoms with van der Waals surface area (Å²) in [5.41, 5.74) is 0.839. The molecule has 0 aliphatic heterocycles. The first-order chi connectivity index (χ1) is 8.09. The van der Waals surface area contributed by atoms with Gasteiger partial charge in [0.15, 0.2) is 0 Å². The SMILES string of the molecule is O=C(O)CC1(O)C=CC(c2ccccc2)=CC1. The number of allylic oxidation sites excluding steroid dienone is 2. The number of hydrogen-bond donors (Lipinski definition) is 2. The van der Waals surface area contributed by atoms with Crippen molar-refractivity contribution in [2.45, 2.75) is 18.4 Å². The fraction of sp³-hybridized carbons (Fsp3) is 0.214. The van der Waals surface area contributed by atoms with Crippen LogP contribution in [0.4, 0.5) is 0 Å². The number of aliphatic carboxylic acids is 1. The largest absolute Gasteiger partial charge is 0.481 e. The molecule has 0 fully saturated rings. The van der Waals surface area contributed by atoms with Crippen LogP contribution in [0, 0.1) is 0 Å². The van der Waals surface area contributed by atoms with Crippen molar-refractivity contribution in [3.05, 3.63) is 54.1 Å². The fourth-order valence-corrected chi connectivity index (χ4v) is 1.91. The molecule has 0 bridgehead atoms. The molecule has 1 aromatic carbocycles. The molecule has 0 saturated carbocycles. The molecule has 1 aliphatic carbocycles. The highest BCUT2D eigenvalue weighted by atomic mass is 16.4. The Bertz CT molecular complexity index is 474. The molecule has 0 aromatic heterocycles. The number of rotatable bonds is 3. The maximum atomic E-state index is 10.6. The zero-order valence-corrected chi connectivity index (χ0v) is 9.34. The topological polar surface area (TPSA) is 57.5 Å². The monoisotopic (exact) mass is 230 g/mol. The van der Waals surface area contributed by atoms with Gasteiger partial charge >= 0.3 is 5.97 Å². The second-order valence-electron chi connectivity index (χ2n) is 4.24. The van der Waals surface area contributed by atoms with Crippen molar-refractivity contribution in [1.82, 2.24) is 0 Å². The molecule has 2 N–H and O–H groups in total. The van der Waals surface area contributed by atoms with Crippen LogP contribution in [-0.4, -0.2) is 21.8 Å². The average Bonchev–Trinajstić information content (AvgIpc) is 2.29. The van der Waals surface area contributed by atoms with Crippen molar-refractivity contribution in [1.29, 1.82) is 0 Å². The van der Waals surface area contributed by atoms with Crippen molar-refractivity contribution in [3.8, 4) is 0 Å². The van der Waals surface area contributed by atoms with Gasteiger partial charge in [0.25, 0.3) is 0 Å². The molecule has 0 heterocycles. The smallest absolute Gasteiger partial charge is 0.306 e. The van der Waals surface area contributed by atoms with Crippen LogP contribution in [0.1, 0.15) is 18.4 Å². The van der Waals surface area contributed by atoms with E-state index in [0.717, 1.165) is 11.1 Å². The maximum absolute atomic E-state index is 10.6. The van der Waals surface area contributed by atoms with Gasteiger partial charge in [-0.05, 0) is 17.6 Å². The van der Waals surface area contributed by atoms with Gasteiger partial charge in [0.2, 0.25) is 0 Å². The number of benzene rings is 1. The van der Waals surface area contributed by atoms with Gasteiger partial charge in [0, 0.05) is 0 Å². The minimum absolute atomic E-state index is 0.262.